The number of halogens is 1. The Balaban J connectivity index is 1.72. The molecule has 4 nitrogen and oxygen atoms in total. The van der Waals surface area contributed by atoms with E-state index < -0.39 is 0 Å². The van der Waals surface area contributed by atoms with E-state index >= 15 is 0 Å². The van der Waals surface area contributed by atoms with E-state index in [0.717, 1.165) is 28.9 Å². The summed E-state index contributed by atoms with van der Waals surface area (Å²) in [4.78, 5) is 14.3. The van der Waals surface area contributed by atoms with Crippen molar-refractivity contribution in [3.8, 4) is 0 Å². The van der Waals surface area contributed by atoms with E-state index in [0.29, 0.717) is 12.0 Å². The quantitative estimate of drug-likeness (QED) is 0.780. The van der Waals surface area contributed by atoms with Gasteiger partial charge in [-0.25, -0.2) is 4.79 Å². The molecule has 0 bridgehead atoms. The first-order valence-electron chi connectivity index (χ1n) is 7.09. The largest absolute Gasteiger partial charge is 0.338 e. The molecule has 1 atom stereocenters. The monoisotopic (exact) mass is 387 g/mol. The van der Waals surface area contributed by atoms with Crippen LogP contribution in [0.15, 0.2) is 24.3 Å². The minimum absolute atomic E-state index is 0.116. The molecule has 1 aliphatic heterocycles. The number of anilines is 1. The molecule has 0 saturated carbocycles. The highest BCUT2D eigenvalue weighted by Crippen LogP contribution is 2.17. The maximum atomic E-state index is 11.8. The highest BCUT2D eigenvalue weighted by atomic mass is 127. The number of nitrogens with one attached hydrogen (secondary N) is 2. The number of nitrogens with zero attached hydrogens (tertiary/aromatic N) is 1. The van der Waals surface area contributed by atoms with E-state index in [1.807, 2.05) is 24.3 Å². The number of likely N-dealkylation sites (tertiary alicyclic amines) is 1. The maximum Gasteiger partial charge on any atom is 0.319 e. The average Bonchev–Trinajstić information content (AvgIpc) is 2.88. The number of benzene rings is 1. The number of urea groups is 1. The molecule has 0 aliphatic carbocycles. The molecule has 110 valence electrons. The molecule has 1 aromatic rings. The van der Waals surface area contributed by atoms with Crippen LogP contribution in [-0.4, -0.2) is 36.6 Å². The Bertz CT molecular complexity index is 447. The number of rotatable bonds is 4. The second-order valence-corrected chi connectivity index (χ2v) is 6.83. The average molecular weight is 387 g/mol. The van der Waals surface area contributed by atoms with Gasteiger partial charge < -0.3 is 15.5 Å². The summed E-state index contributed by atoms with van der Waals surface area (Å²) in [5.41, 5.74) is 0.832. The summed E-state index contributed by atoms with van der Waals surface area (Å²) in [6, 6.07) is 8.27. The number of hydrogen-bond donors (Lipinski definition) is 2. The van der Waals surface area contributed by atoms with Crippen molar-refractivity contribution in [1.29, 1.82) is 0 Å². The van der Waals surface area contributed by atoms with Crippen molar-refractivity contribution in [2.45, 2.75) is 26.3 Å². The molecular formula is C15H22IN3O. The maximum absolute atomic E-state index is 11.8. The second kappa shape index (κ2) is 7.26. The van der Waals surface area contributed by atoms with Crippen molar-refractivity contribution in [2.24, 2.45) is 5.92 Å². The fraction of sp³-hybridized carbons (Fsp3) is 0.533. The molecule has 5 heteroatoms. The van der Waals surface area contributed by atoms with Crippen LogP contribution in [0.1, 0.15) is 20.3 Å². The fourth-order valence-electron chi connectivity index (χ4n) is 2.44. The van der Waals surface area contributed by atoms with Crippen LogP contribution in [0, 0.1) is 9.49 Å². The third-order valence-corrected chi connectivity index (χ3v) is 4.42. The van der Waals surface area contributed by atoms with Gasteiger partial charge in [-0.15, -0.1) is 0 Å². The predicted octanol–water partition coefficient (Wildman–Crippen LogP) is 3.14. The van der Waals surface area contributed by atoms with Crippen LogP contribution >= 0.6 is 22.6 Å². The van der Waals surface area contributed by atoms with E-state index in [4.69, 9.17) is 0 Å². The first kappa shape index (κ1) is 15.6. The standard InChI is InChI=1S/C15H22IN3O/c1-11(2)19-8-7-12(10-19)9-17-15(20)18-14-5-3-13(16)4-6-14/h3-6,11-12H,7-10H2,1-2H3,(H2,17,18,20). The first-order valence-corrected chi connectivity index (χ1v) is 8.17. The van der Waals surface area contributed by atoms with Gasteiger partial charge in [-0.1, -0.05) is 0 Å². The van der Waals surface area contributed by atoms with Gasteiger partial charge in [0.15, 0.2) is 0 Å². The van der Waals surface area contributed by atoms with Crippen LogP contribution in [0.2, 0.25) is 0 Å². The second-order valence-electron chi connectivity index (χ2n) is 5.59. The van der Waals surface area contributed by atoms with Crippen LogP contribution in [0.5, 0.6) is 0 Å². The summed E-state index contributed by atoms with van der Waals surface area (Å²) in [6.07, 6.45) is 1.17. The van der Waals surface area contributed by atoms with Crippen molar-refractivity contribution in [3.63, 3.8) is 0 Å². The minimum atomic E-state index is -0.116. The summed E-state index contributed by atoms with van der Waals surface area (Å²) < 4.78 is 1.16. The number of hydrogen-bond acceptors (Lipinski definition) is 2. The Morgan fingerprint density at radius 1 is 1.40 bits per heavy atom. The zero-order chi connectivity index (χ0) is 14.5. The summed E-state index contributed by atoms with van der Waals surface area (Å²) >= 11 is 2.25. The highest BCUT2D eigenvalue weighted by Gasteiger charge is 2.24. The first-order chi connectivity index (χ1) is 9.54. The normalized spacial score (nSPS) is 19.3. The van der Waals surface area contributed by atoms with Gasteiger partial charge in [0.05, 0.1) is 0 Å². The van der Waals surface area contributed by atoms with Crippen LogP contribution in [0.25, 0.3) is 0 Å². The molecule has 2 N–H and O–H groups in total. The Kier molecular flexibility index (Phi) is 5.65. The molecule has 1 unspecified atom stereocenters. The molecule has 1 fully saturated rings. The lowest BCUT2D eigenvalue weighted by atomic mass is 10.1. The Labute approximate surface area is 134 Å². The molecule has 1 aromatic carbocycles. The molecule has 0 aromatic heterocycles. The van der Waals surface area contributed by atoms with Crippen molar-refractivity contribution in [2.75, 3.05) is 25.0 Å². The Morgan fingerprint density at radius 3 is 2.70 bits per heavy atom. The number of carbonyl (C=O) groups excluding carboxylic acids is 1. The lowest BCUT2D eigenvalue weighted by Crippen LogP contribution is -2.35. The van der Waals surface area contributed by atoms with Crippen LogP contribution < -0.4 is 10.6 Å². The highest BCUT2D eigenvalue weighted by molar-refractivity contribution is 14.1. The third kappa shape index (κ3) is 4.63. The van der Waals surface area contributed by atoms with E-state index in [9.17, 15) is 4.79 Å². The van der Waals surface area contributed by atoms with Gasteiger partial charge in [-0.2, -0.15) is 0 Å². The van der Waals surface area contributed by atoms with Crippen molar-refractivity contribution < 1.29 is 4.79 Å². The summed E-state index contributed by atoms with van der Waals surface area (Å²) in [6.45, 7) is 7.42. The van der Waals surface area contributed by atoms with Gasteiger partial charge >= 0.3 is 6.03 Å². The summed E-state index contributed by atoms with van der Waals surface area (Å²) in [5, 5.41) is 5.83. The van der Waals surface area contributed by atoms with Crippen LogP contribution in [0.3, 0.4) is 0 Å². The van der Waals surface area contributed by atoms with Gasteiger partial charge in [-0.05, 0) is 79.6 Å². The molecule has 2 amide bonds. The van der Waals surface area contributed by atoms with Gasteiger partial charge in [0, 0.05) is 28.4 Å². The molecule has 1 aliphatic rings. The van der Waals surface area contributed by atoms with Crippen LogP contribution in [-0.2, 0) is 0 Å². The molecule has 1 heterocycles. The molecule has 0 spiro atoms. The van der Waals surface area contributed by atoms with E-state index in [1.54, 1.807) is 0 Å². The lowest BCUT2D eigenvalue weighted by Gasteiger charge is -2.20. The van der Waals surface area contributed by atoms with Crippen molar-refractivity contribution in [3.05, 3.63) is 27.8 Å². The molecule has 20 heavy (non-hydrogen) atoms. The van der Waals surface area contributed by atoms with Crippen molar-refractivity contribution >= 4 is 34.3 Å². The van der Waals surface area contributed by atoms with Gasteiger partial charge in [-0.3, -0.25) is 0 Å². The number of amides is 2. The topological polar surface area (TPSA) is 44.4 Å². The lowest BCUT2D eigenvalue weighted by molar-refractivity contribution is 0.247. The predicted molar refractivity (Wildman–Crippen MR) is 91.0 cm³/mol. The Hall–Kier alpha value is -0.820. The molecule has 2 rings (SSSR count). The minimum Gasteiger partial charge on any atom is -0.338 e. The van der Waals surface area contributed by atoms with E-state index in [1.165, 1.54) is 6.42 Å². The molecular weight excluding hydrogens is 365 g/mol. The Morgan fingerprint density at radius 2 is 2.10 bits per heavy atom. The third-order valence-electron chi connectivity index (χ3n) is 3.70. The van der Waals surface area contributed by atoms with E-state index in [-0.39, 0.29) is 6.03 Å². The number of carbonyl (C=O) groups is 1. The van der Waals surface area contributed by atoms with Gasteiger partial charge in [0.2, 0.25) is 0 Å². The smallest absolute Gasteiger partial charge is 0.319 e. The summed E-state index contributed by atoms with van der Waals surface area (Å²) in [5.74, 6) is 0.569. The molecule has 1 saturated heterocycles. The van der Waals surface area contributed by atoms with Gasteiger partial charge in [0.25, 0.3) is 0 Å². The zero-order valence-corrected chi connectivity index (χ0v) is 14.2. The molecule has 0 radical (unpaired) electrons. The van der Waals surface area contributed by atoms with Gasteiger partial charge in [0.1, 0.15) is 0 Å². The summed E-state index contributed by atoms with van der Waals surface area (Å²) in [7, 11) is 0. The SMILES string of the molecule is CC(C)N1CCC(CNC(=O)Nc2ccc(I)cc2)C1. The van der Waals surface area contributed by atoms with Crippen LogP contribution in [0.4, 0.5) is 10.5 Å². The van der Waals surface area contributed by atoms with Crippen molar-refractivity contribution in [1.82, 2.24) is 10.2 Å². The fourth-order valence-corrected chi connectivity index (χ4v) is 2.80. The zero-order valence-electron chi connectivity index (χ0n) is 12.0. The van der Waals surface area contributed by atoms with E-state index in [2.05, 4.69) is 52.0 Å².